The van der Waals surface area contributed by atoms with Crippen LogP contribution in [0.1, 0.15) is 33.6 Å². The van der Waals surface area contributed by atoms with E-state index in [-0.39, 0.29) is 5.91 Å². The SMILES string of the molecule is CCN(CC)C1CCN(C(C)=O)CC1. The molecule has 0 radical (unpaired) electrons. The summed E-state index contributed by atoms with van der Waals surface area (Å²) in [6, 6.07) is 0.695. The summed E-state index contributed by atoms with van der Waals surface area (Å²) in [5, 5.41) is 0. The molecular formula is C11H22N2O. The predicted molar refractivity (Wildman–Crippen MR) is 58.2 cm³/mol. The fourth-order valence-corrected chi connectivity index (χ4v) is 2.29. The number of amides is 1. The lowest BCUT2D eigenvalue weighted by atomic mass is 10.0. The van der Waals surface area contributed by atoms with Crippen molar-refractivity contribution in [3.8, 4) is 0 Å². The van der Waals surface area contributed by atoms with E-state index in [2.05, 4.69) is 18.7 Å². The smallest absolute Gasteiger partial charge is 0.219 e. The second-order valence-corrected chi connectivity index (χ2v) is 3.96. The summed E-state index contributed by atoms with van der Waals surface area (Å²) in [5.41, 5.74) is 0. The van der Waals surface area contributed by atoms with Gasteiger partial charge in [0.15, 0.2) is 0 Å². The molecule has 1 aliphatic heterocycles. The van der Waals surface area contributed by atoms with Crippen LogP contribution in [0.5, 0.6) is 0 Å². The molecule has 0 atom stereocenters. The summed E-state index contributed by atoms with van der Waals surface area (Å²) in [7, 11) is 0. The summed E-state index contributed by atoms with van der Waals surface area (Å²) >= 11 is 0. The Morgan fingerprint density at radius 1 is 1.29 bits per heavy atom. The number of rotatable bonds is 3. The molecule has 1 rings (SSSR count). The summed E-state index contributed by atoms with van der Waals surface area (Å²) in [6.45, 7) is 10.2. The molecule has 1 heterocycles. The molecule has 3 heteroatoms. The van der Waals surface area contributed by atoms with Crippen molar-refractivity contribution in [3.63, 3.8) is 0 Å². The van der Waals surface area contributed by atoms with Gasteiger partial charge < -0.3 is 9.80 Å². The van der Waals surface area contributed by atoms with Gasteiger partial charge in [0.1, 0.15) is 0 Å². The lowest BCUT2D eigenvalue weighted by Crippen LogP contribution is -2.46. The van der Waals surface area contributed by atoms with Crippen LogP contribution in [0.2, 0.25) is 0 Å². The molecule has 1 aliphatic rings. The lowest BCUT2D eigenvalue weighted by molar-refractivity contribution is -0.130. The first-order valence-corrected chi connectivity index (χ1v) is 5.68. The van der Waals surface area contributed by atoms with Gasteiger partial charge in [-0.1, -0.05) is 13.8 Å². The number of piperidine rings is 1. The molecule has 1 saturated heterocycles. The van der Waals surface area contributed by atoms with Crippen molar-refractivity contribution in [1.82, 2.24) is 9.80 Å². The Kier molecular flexibility index (Phi) is 4.39. The van der Waals surface area contributed by atoms with Crippen LogP contribution in [0.15, 0.2) is 0 Å². The molecule has 14 heavy (non-hydrogen) atoms. The van der Waals surface area contributed by atoms with E-state index in [9.17, 15) is 4.79 Å². The third-order valence-corrected chi connectivity index (χ3v) is 3.24. The van der Waals surface area contributed by atoms with Crippen molar-refractivity contribution in [3.05, 3.63) is 0 Å². The van der Waals surface area contributed by atoms with Crippen LogP contribution >= 0.6 is 0 Å². The van der Waals surface area contributed by atoms with Crippen molar-refractivity contribution in [2.45, 2.75) is 39.7 Å². The highest BCUT2D eigenvalue weighted by Gasteiger charge is 2.23. The molecule has 0 aromatic carbocycles. The van der Waals surface area contributed by atoms with E-state index in [4.69, 9.17) is 0 Å². The largest absolute Gasteiger partial charge is 0.343 e. The van der Waals surface area contributed by atoms with E-state index < -0.39 is 0 Å². The number of carbonyl (C=O) groups is 1. The summed E-state index contributed by atoms with van der Waals surface area (Å²) in [5.74, 6) is 0.225. The van der Waals surface area contributed by atoms with E-state index in [0.29, 0.717) is 6.04 Å². The zero-order valence-electron chi connectivity index (χ0n) is 9.62. The number of hydrogen-bond acceptors (Lipinski definition) is 2. The molecule has 0 unspecified atom stereocenters. The minimum atomic E-state index is 0.225. The van der Waals surface area contributed by atoms with Crippen molar-refractivity contribution in [2.24, 2.45) is 0 Å². The Labute approximate surface area is 87.1 Å². The second kappa shape index (κ2) is 5.35. The monoisotopic (exact) mass is 198 g/mol. The quantitative estimate of drug-likeness (QED) is 0.683. The van der Waals surface area contributed by atoms with Crippen LogP contribution in [0.3, 0.4) is 0 Å². The van der Waals surface area contributed by atoms with Gasteiger partial charge >= 0.3 is 0 Å². The summed E-state index contributed by atoms with van der Waals surface area (Å²) < 4.78 is 0. The van der Waals surface area contributed by atoms with Crippen molar-refractivity contribution in [1.29, 1.82) is 0 Å². The van der Waals surface area contributed by atoms with Crippen molar-refractivity contribution < 1.29 is 4.79 Å². The molecule has 0 N–H and O–H groups in total. The molecule has 0 spiro atoms. The second-order valence-electron chi connectivity index (χ2n) is 3.96. The molecule has 0 bridgehead atoms. The maximum absolute atomic E-state index is 11.1. The third kappa shape index (κ3) is 2.71. The summed E-state index contributed by atoms with van der Waals surface area (Å²) in [4.78, 5) is 15.6. The lowest BCUT2D eigenvalue weighted by Gasteiger charge is -2.37. The fourth-order valence-electron chi connectivity index (χ4n) is 2.29. The van der Waals surface area contributed by atoms with Crippen LogP contribution in [0.4, 0.5) is 0 Å². The average Bonchev–Trinajstić information content (AvgIpc) is 2.20. The van der Waals surface area contributed by atoms with Crippen molar-refractivity contribution in [2.75, 3.05) is 26.2 Å². The number of carbonyl (C=O) groups excluding carboxylic acids is 1. The molecule has 0 saturated carbocycles. The van der Waals surface area contributed by atoms with E-state index in [1.54, 1.807) is 6.92 Å². The van der Waals surface area contributed by atoms with Gasteiger partial charge in [0.2, 0.25) is 5.91 Å². The number of hydrogen-bond donors (Lipinski definition) is 0. The maximum Gasteiger partial charge on any atom is 0.219 e. The fraction of sp³-hybridized carbons (Fsp3) is 0.909. The van der Waals surface area contributed by atoms with Crippen molar-refractivity contribution >= 4 is 5.91 Å². The molecule has 0 aromatic rings. The Morgan fingerprint density at radius 2 is 1.79 bits per heavy atom. The normalized spacial score (nSPS) is 19.0. The Hall–Kier alpha value is -0.570. The minimum absolute atomic E-state index is 0.225. The predicted octanol–water partition coefficient (Wildman–Crippen LogP) is 1.34. The first kappa shape index (κ1) is 11.5. The molecular weight excluding hydrogens is 176 g/mol. The van der Waals surface area contributed by atoms with Gasteiger partial charge in [0, 0.05) is 26.1 Å². The Morgan fingerprint density at radius 3 is 2.14 bits per heavy atom. The van der Waals surface area contributed by atoms with Crippen LogP contribution < -0.4 is 0 Å². The first-order chi connectivity index (χ1) is 6.69. The molecule has 0 aliphatic carbocycles. The van der Waals surface area contributed by atoms with Crippen LogP contribution in [0.25, 0.3) is 0 Å². The average molecular weight is 198 g/mol. The molecule has 1 fully saturated rings. The topological polar surface area (TPSA) is 23.6 Å². The van der Waals surface area contributed by atoms with Gasteiger partial charge in [-0.3, -0.25) is 4.79 Å². The zero-order chi connectivity index (χ0) is 10.6. The van der Waals surface area contributed by atoms with Gasteiger partial charge in [-0.2, -0.15) is 0 Å². The van der Waals surface area contributed by atoms with Crippen LogP contribution in [-0.4, -0.2) is 47.9 Å². The van der Waals surface area contributed by atoms with Gasteiger partial charge in [0.05, 0.1) is 0 Å². The Bertz CT molecular complexity index is 182. The highest BCUT2D eigenvalue weighted by atomic mass is 16.2. The first-order valence-electron chi connectivity index (χ1n) is 5.68. The van der Waals surface area contributed by atoms with E-state index in [0.717, 1.165) is 39.0 Å². The van der Waals surface area contributed by atoms with E-state index in [1.807, 2.05) is 4.90 Å². The highest BCUT2D eigenvalue weighted by Crippen LogP contribution is 2.15. The molecule has 82 valence electrons. The number of nitrogens with zero attached hydrogens (tertiary/aromatic N) is 2. The molecule has 0 aromatic heterocycles. The van der Waals surface area contributed by atoms with E-state index >= 15 is 0 Å². The highest BCUT2D eigenvalue weighted by molar-refractivity contribution is 5.73. The third-order valence-electron chi connectivity index (χ3n) is 3.24. The van der Waals surface area contributed by atoms with Gasteiger partial charge in [-0.05, 0) is 25.9 Å². The van der Waals surface area contributed by atoms with Gasteiger partial charge in [-0.25, -0.2) is 0 Å². The molecule has 1 amide bonds. The Balaban J connectivity index is 2.38. The van der Waals surface area contributed by atoms with Gasteiger partial charge in [-0.15, -0.1) is 0 Å². The minimum Gasteiger partial charge on any atom is -0.343 e. The van der Waals surface area contributed by atoms with Crippen LogP contribution in [-0.2, 0) is 4.79 Å². The van der Waals surface area contributed by atoms with E-state index in [1.165, 1.54) is 0 Å². The number of likely N-dealkylation sites (tertiary alicyclic amines) is 1. The standard InChI is InChI=1S/C11H22N2O/c1-4-12(5-2)11-6-8-13(9-7-11)10(3)14/h11H,4-9H2,1-3H3. The van der Waals surface area contributed by atoms with Crippen LogP contribution in [0, 0.1) is 0 Å². The molecule has 3 nitrogen and oxygen atoms in total. The maximum atomic E-state index is 11.1. The zero-order valence-corrected chi connectivity index (χ0v) is 9.62. The summed E-state index contributed by atoms with van der Waals surface area (Å²) in [6.07, 6.45) is 2.28. The van der Waals surface area contributed by atoms with Gasteiger partial charge in [0.25, 0.3) is 0 Å².